The van der Waals surface area contributed by atoms with E-state index in [4.69, 9.17) is 15.2 Å². The molecule has 0 aliphatic rings. The summed E-state index contributed by atoms with van der Waals surface area (Å²) >= 11 is 0. The molecule has 0 amide bonds. The van der Waals surface area contributed by atoms with E-state index in [-0.39, 0.29) is 13.2 Å². The van der Waals surface area contributed by atoms with Gasteiger partial charge in [-0.2, -0.15) is 0 Å². The van der Waals surface area contributed by atoms with E-state index < -0.39 is 6.10 Å². The molecule has 0 saturated heterocycles. The van der Waals surface area contributed by atoms with Crippen molar-refractivity contribution in [1.82, 2.24) is 4.98 Å². The van der Waals surface area contributed by atoms with Crippen LogP contribution in [-0.4, -0.2) is 36.0 Å². The summed E-state index contributed by atoms with van der Waals surface area (Å²) in [5.41, 5.74) is 7.25. The lowest BCUT2D eigenvalue weighted by atomic mass is 10.3. The van der Waals surface area contributed by atoms with E-state index in [1.165, 1.54) is 0 Å². The second-order valence-electron chi connectivity index (χ2n) is 4.68. The maximum atomic E-state index is 9.78. The van der Waals surface area contributed by atoms with Gasteiger partial charge in [0, 0.05) is 30.1 Å². The average Bonchev–Trinajstić information content (AvgIpc) is 2.51. The van der Waals surface area contributed by atoms with Crippen LogP contribution in [0.25, 0.3) is 0 Å². The normalized spacial score (nSPS) is 12.0. The van der Waals surface area contributed by atoms with Crippen LogP contribution >= 0.6 is 0 Å². The highest BCUT2D eigenvalue weighted by atomic mass is 16.5. The monoisotopic (exact) mass is 288 g/mol. The minimum atomic E-state index is -0.671. The van der Waals surface area contributed by atoms with Crippen LogP contribution in [0.1, 0.15) is 5.69 Å². The third-order valence-electron chi connectivity index (χ3n) is 2.84. The third kappa shape index (κ3) is 5.81. The maximum absolute atomic E-state index is 9.78. The van der Waals surface area contributed by atoms with Crippen molar-refractivity contribution in [3.8, 4) is 5.75 Å². The molecule has 5 heteroatoms. The molecule has 1 atom stereocenters. The molecule has 1 heterocycles. The van der Waals surface area contributed by atoms with Crippen LogP contribution in [0.3, 0.4) is 0 Å². The van der Waals surface area contributed by atoms with Gasteiger partial charge in [0.2, 0.25) is 0 Å². The Bertz CT molecular complexity index is 534. The van der Waals surface area contributed by atoms with E-state index in [2.05, 4.69) is 4.98 Å². The van der Waals surface area contributed by atoms with Gasteiger partial charge in [0.1, 0.15) is 18.5 Å². The Morgan fingerprint density at radius 2 is 2.05 bits per heavy atom. The van der Waals surface area contributed by atoms with Crippen LogP contribution in [0, 0.1) is 0 Å². The highest BCUT2D eigenvalue weighted by molar-refractivity contribution is 5.43. The van der Waals surface area contributed by atoms with Gasteiger partial charge in [0.05, 0.1) is 13.2 Å². The van der Waals surface area contributed by atoms with Crippen LogP contribution < -0.4 is 10.5 Å². The molecule has 0 aliphatic carbocycles. The third-order valence-corrected chi connectivity index (χ3v) is 2.84. The number of hydrogen-bond donors (Lipinski definition) is 2. The summed E-state index contributed by atoms with van der Waals surface area (Å²) < 4.78 is 10.9. The average molecular weight is 288 g/mol. The van der Waals surface area contributed by atoms with Gasteiger partial charge in [-0.3, -0.25) is 4.98 Å². The van der Waals surface area contributed by atoms with Crippen LogP contribution in [0.4, 0.5) is 5.69 Å². The fraction of sp³-hybridized carbons (Fsp3) is 0.312. The first-order valence-corrected chi connectivity index (χ1v) is 6.88. The molecule has 1 aromatic carbocycles. The lowest BCUT2D eigenvalue weighted by Crippen LogP contribution is -2.24. The fourth-order valence-corrected chi connectivity index (χ4v) is 1.79. The van der Waals surface area contributed by atoms with Gasteiger partial charge in [-0.25, -0.2) is 0 Å². The minimum absolute atomic E-state index is 0.174. The summed E-state index contributed by atoms with van der Waals surface area (Å²) in [6, 6.07) is 12.9. The molecule has 112 valence electrons. The molecule has 2 rings (SSSR count). The number of hydrogen-bond acceptors (Lipinski definition) is 5. The van der Waals surface area contributed by atoms with E-state index in [1.54, 1.807) is 30.5 Å². The molecule has 0 bridgehead atoms. The Morgan fingerprint density at radius 3 is 2.81 bits per heavy atom. The van der Waals surface area contributed by atoms with Crippen molar-refractivity contribution in [1.29, 1.82) is 0 Å². The number of benzene rings is 1. The molecule has 0 aliphatic heterocycles. The number of nitrogen functional groups attached to an aromatic ring is 1. The second kappa shape index (κ2) is 8.24. The predicted octanol–water partition coefficient (Wildman–Crippen LogP) is 1.66. The zero-order chi connectivity index (χ0) is 14.9. The summed E-state index contributed by atoms with van der Waals surface area (Å²) in [4.78, 5) is 4.20. The Morgan fingerprint density at radius 1 is 1.14 bits per heavy atom. The topological polar surface area (TPSA) is 77.6 Å². The molecular formula is C16H20N2O3. The zero-order valence-corrected chi connectivity index (χ0v) is 11.8. The molecule has 5 nitrogen and oxygen atoms in total. The molecule has 3 N–H and O–H groups in total. The lowest BCUT2D eigenvalue weighted by Gasteiger charge is -2.13. The van der Waals surface area contributed by atoms with Crippen LogP contribution in [0.15, 0.2) is 48.7 Å². The van der Waals surface area contributed by atoms with Crippen molar-refractivity contribution in [2.75, 3.05) is 25.6 Å². The number of anilines is 1. The Kier molecular flexibility index (Phi) is 5.99. The SMILES string of the molecule is Nc1cccc(OCC(O)COCCc2ccccn2)c1. The summed E-state index contributed by atoms with van der Waals surface area (Å²) in [6.45, 7) is 0.925. The molecular weight excluding hydrogens is 268 g/mol. The molecule has 1 unspecified atom stereocenters. The summed E-state index contributed by atoms with van der Waals surface area (Å²) in [5, 5.41) is 9.78. The Hall–Kier alpha value is -2.11. The number of aliphatic hydroxyl groups is 1. The first-order valence-electron chi connectivity index (χ1n) is 6.88. The maximum Gasteiger partial charge on any atom is 0.121 e. The van der Waals surface area contributed by atoms with Gasteiger partial charge in [0.15, 0.2) is 0 Å². The van der Waals surface area contributed by atoms with Gasteiger partial charge in [-0.1, -0.05) is 12.1 Å². The second-order valence-corrected chi connectivity index (χ2v) is 4.68. The Labute approximate surface area is 124 Å². The highest BCUT2D eigenvalue weighted by Crippen LogP contribution is 2.14. The standard InChI is InChI=1S/C16H20N2O3/c17-13-4-3-6-16(10-13)21-12-15(19)11-20-9-7-14-5-1-2-8-18-14/h1-6,8,10,15,19H,7,9,11-12,17H2. The number of nitrogens with two attached hydrogens (primary N) is 1. The van der Waals surface area contributed by atoms with Crippen molar-refractivity contribution in [2.24, 2.45) is 0 Å². The van der Waals surface area contributed by atoms with Crippen LogP contribution in [0.5, 0.6) is 5.75 Å². The fourth-order valence-electron chi connectivity index (χ4n) is 1.79. The number of aliphatic hydroxyl groups excluding tert-OH is 1. The summed E-state index contributed by atoms with van der Waals surface area (Å²) in [5.74, 6) is 0.641. The number of pyridine rings is 1. The number of nitrogens with zero attached hydrogens (tertiary/aromatic N) is 1. The molecule has 0 spiro atoms. The summed E-state index contributed by atoms with van der Waals surface area (Å²) in [6.07, 6.45) is 1.81. The predicted molar refractivity (Wildman–Crippen MR) is 81.1 cm³/mol. The van der Waals surface area contributed by atoms with Gasteiger partial charge >= 0.3 is 0 Å². The van der Waals surface area contributed by atoms with Crippen molar-refractivity contribution in [2.45, 2.75) is 12.5 Å². The first-order chi connectivity index (χ1) is 10.2. The van der Waals surface area contributed by atoms with Crippen molar-refractivity contribution < 1.29 is 14.6 Å². The molecule has 21 heavy (non-hydrogen) atoms. The van der Waals surface area contributed by atoms with Gasteiger partial charge in [-0.05, 0) is 24.3 Å². The first kappa shape index (κ1) is 15.3. The van der Waals surface area contributed by atoms with E-state index >= 15 is 0 Å². The van der Waals surface area contributed by atoms with E-state index in [9.17, 15) is 5.11 Å². The van der Waals surface area contributed by atoms with Crippen molar-refractivity contribution >= 4 is 5.69 Å². The lowest BCUT2D eigenvalue weighted by molar-refractivity contribution is 0.0129. The number of rotatable bonds is 8. The van der Waals surface area contributed by atoms with E-state index in [1.807, 2.05) is 18.2 Å². The molecule has 0 fully saturated rings. The van der Waals surface area contributed by atoms with Crippen LogP contribution in [0.2, 0.25) is 0 Å². The quantitative estimate of drug-likeness (QED) is 0.570. The minimum Gasteiger partial charge on any atom is -0.491 e. The number of ether oxygens (including phenoxy) is 2. The van der Waals surface area contributed by atoms with E-state index in [0.29, 0.717) is 18.0 Å². The van der Waals surface area contributed by atoms with Crippen molar-refractivity contribution in [3.63, 3.8) is 0 Å². The smallest absolute Gasteiger partial charge is 0.121 e. The largest absolute Gasteiger partial charge is 0.491 e. The summed E-state index contributed by atoms with van der Waals surface area (Å²) in [7, 11) is 0. The molecule has 2 aromatic rings. The van der Waals surface area contributed by atoms with Gasteiger partial charge in [0.25, 0.3) is 0 Å². The molecule has 0 radical (unpaired) electrons. The zero-order valence-electron chi connectivity index (χ0n) is 11.8. The van der Waals surface area contributed by atoms with Gasteiger partial charge in [-0.15, -0.1) is 0 Å². The van der Waals surface area contributed by atoms with E-state index in [0.717, 1.165) is 12.1 Å². The number of aromatic nitrogens is 1. The Balaban J connectivity index is 1.60. The highest BCUT2D eigenvalue weighted by Gasteiger charge is 2.06. The molecule has 0 saturated carbocycles. The van der Waals surface area contributed by atoms with Crippen molar-refractivity contribution in [3.05, 3.63) is 54.4 Å². The van der Waals surface area contributed by atoms with Gasteiger partial charge < -0.3 is 20.3 Å². The molecule has 1 aromatic heterocycles. The van der Waals surface area contributed by atoms with Crippen LogP contribution in [-0.2, 0) is 11.2 Å².